The van der Waals surface area contributed by atoms with Crippen LogP contribution in [0.1, 0.15) is 11.3 Å². The lowest BCUT2D eigenvalue weighted by molar-refractivity contribution is -0.132. The van der Waals surface area contributed by atoms with Gasteiger partial charge in [-0.3, -0.25) is 28.3 Å². The number of ether oxygens (including phenoxy) is 1. The van der Waals surface area contributed by atoms with Crippen molar-refractivity contribution in [2.24, 2.45) is 21.1 Å². The van der Waals surface area contributed by atoms with Gasteiger partial charge >= 0.3 is 0 Å². The number of morpholine rings is 1. The van der Waals surface area contributed by atoms with Gasteiger partial charge in [0, 0.05) is 61.9 Å². The third-order valence-electron chi connectivity index (χ3n) is 11.6. The zero-order valence-corrected chi connectivity index (χ0v) is 42.7. The first kappa shape index (κ1) is 46.5. The number of thioether (sulfide) groups is 3. The normalized spacial score (nSPS) is 13.0. The lowest BCUT2D eigenvalue weighted by Crippen LogP contribution is -2.41. The fourth-order valence-corrected chi connectivity index (χ4v) is 11.1. The zero-order chi connectivity index (χ0) is 48.6. The second kappa shape index (κ2) is 20.1. The van der Waals surface area contributed by atoms with E-state index in [2.05, 4.69) is 80.6 Å². The summed E-state index contributed by atoms with van der Waals surface area (Å²) in [6.45, 7) is 2.60. The van der Waals surface area contributed by atoms with Crippen molar-refractivity contribution in [1.29, 1.82) is 0 Å². The SMILES string of the molecule is Cn1nnnc1-n1c(SCC(=O)NCCc2ccc3c(c2)nc(SCC(=O)N2CCOCC2)n3-c2nnnn2C)nc2cc(-c3ccc(CSc4nc5ccc(I)cc5n4-c4nnnn4C)nc3)ccc21. The fraction of sp³-hybridized carbons (Fsp3) is 0.279. The first-order valence-corrected chi connectivity index (χ1v) is 26.0. The summed E-state index contributed by atoms with van der Waals surface area (Å²) in [6, 6.07) is 22.1. The molecule has 10 aromatic rings. The van der Waals surface area contributed by atoms with Gasteiger partial charge in [0.15, 0.2) is 15.5 Å². The lowest BCUT2D eigenvalue weighted by Gasteiger charge is -2.26. The smallest absolute Gasteiger partial charge is 0.256 e. The van der Waals surface area contributed by atoms with Crippen LogP contribution in [0.25, 0.3) is 62.1 Å². The van der Waals surface area contributed by atoms with Crippen LogP contribution in [-0.2, 0) is 47.6 Å². The molecule has 24 nitrogen and oxygen atoms in total. The number of hydrogen-bond acceptors (Lipinski definition) is 19. The van der Waals surface area contributed by atoms with E-state index in [4.69, 9.17) is 24.7 Å². The van der Waals surface area contributed by atoms with Gasteiger partial charge in [0.25, 0.3) is 17.8 Å². The highest BCUT2D eigenvalue weighted by Gasteiger charge is 2.24. The maximum atomic E-state index is 13.4. The Hall–Kier alpha value is -6.89. The van der Waals surface area contributed by atoms with Crippen LogP contribution in [0.15, 0.2) is 88.4 Å². The number of aromatic nitrogens is 19. The van der Waals surface area contributed by atoms with E-state index >= 15 is 0 Å². The molecule has 0 saturated carbocycles. The number of rotatable bonds is 16. The maximum Gasteiger partial charge on any atom is 0.256 e. The summed E-state index contributed by atoms with van der Waals surface area (Å²) in [5.41, 5.74) is 8.48. The Bertz CT molecular complexity index is 3600. The Morgan fingerprint density at radius 1 is 0.648 bits per heavy atom. The number of fused-ring (bicyclic) bond motifs is 3. The van der Waals surface area contributed by atoms with Crippen molar-refractivity contribution >= 4 is 103 Å². The number of amides is 2. The van der Waals surface area contributed by atoms with Crippen LogP contribution in [-0.4, -0.2) is 155 Å². The highest BCUT2D eigenvalue weighted by molar-refractivity contribution is 14.1. The van der Waals surface area contributed by atoms with Gasteiger partial charge < -0.3 is 15.0 Å². The summed E-state index contributed by atoms with van der Waals surface area (Å²) in [7, 11) is 5.32. The number of carbonyl (C=O) groups excluding carboxylic acids is 2. The average molecular weight is 1120 g/mol. The molecule has 11 rings (SSSR count). The second-order valence-corrected chi connectivity index (χ2v) is 20.2. The van der Waals surface area contributed by atoms with Crippen LogP contribution in [0.4, 0.5) is 0 Å². The molecule has 0 atom stereocenters. The molecule has 1 aliphatic rings. The van der Waals surface area contributed by atoms with E-state index in [-0.39, 0.29) is 23.3 Å². The Balaban J connectivity index is 0.752. The second-order valence-electron chi connectivity index (χ2n) is 16.2. The molecular formula is C43H40IN21O3S3. The molecule has 0 radical (unpaired) electrons. The van der Waals surface area contributed by atoms with E-state index < -0.39 is 0 Å². The number of carbonyl (C=O) groups is 2. The van der Waals surface area contributed by atoms with E-state index in [0.29, 0.717) is 78.7 Å². The predicted octanol–water partition coefficient (Wildman–Crippen LogP) is 3.63. The van der Waals surface area contributed by atoms with E-state index in [9.17, 15) is 9.59 Å². The molecule has 3 aromatic carbocycles. The van der Waals surface area contributed by atoms with Gasteiger partial charge in [-0.1, -0.05) is 68.8 Å². The topological polar surface area (TPSA) is 256 Å². The molecule has 71 heavy (non-hydrogen) atoms. The van der Waals surface area contributed by atoms with Gasteiger partial charge in [0.1, 0.15) is 0 Å². The predicted molar refractivity (Wildman–Crippen MR) is 271 cm³/mol. The minimum atomic E-state index is -0.156. The zero-order valence-electron chi connectivity index (χ0n) is 38.1. The van der Waals surface area contributed by atoms with E-state index in [1.807, 2.05) is 85.5 Å². The summed E-state index contributed by atoms with van der Waals surface area (Å²) in [5, 5.41) is 41.4. The number of hydrogen-bond donors (Lipinski definition) is 1. The molecule has 2 amide bonds. The average Bonchev–Trinajstić information content (AvgIpc) is 4.26. The van der Waals surface area contributed by atoms with E-state index in [1.54, 1.807) is 47.0 Å². The van der Waals surface area contributed by atoms with Crippen LogP contribution in [0, 0.1) is 3.57 Å². The van der Waals surface area contributed by atoms with Crippen LogP contribution in [0.3, 0.4) is 0 Å². The highest BCUT2D eigenvalue weighted by atomic mass is 127. The first-order valence-electron chi connectivity index (χ1n) is 22.0. The summed E-state index contributed by atoms with van der Waals surface area (Å²) < 4.78 is 16.9. The van der Waals surface area contributed by atoms with Crippen molar-refractivity contribution in [3.05, 3.63) is 87.8 Å². The van der Waals surface area contributed by atoms with Crippen LogP contribution < -0.4 is 5.32 Å². The van der Waals surface area contributed by atoms with Crippen molar-refractivity contribution in [3.63, 3.8) is 0 Å². The number of pyridine rings is 1. The van der Waals surface area contributed by atoms with E-state index in [0.717, 1.165) is 58.7 Å². The molecule has 1 N–H and O–H groups in total. The van der Waals surface area contributed by atoms with Gasteiger partial charge in [-0.15, -0.1) is 0 Å². The third kappa shape index (κ3) is 9.55. The number of tetrazole rings is 3. The van der Waals surface area contributed by atoms with E-state index in [1.165, 1.54) is 23.5 Å². The number of nitrogens with one attached hydrogen (secondary N) is 1. The molecule has 28 heteroatoms. The van der Waals surface area contributed by atoms with Crippen molar-refractivity contribution in [3.8, 4) is 29.0 Å². The third-order valence-corrected chi connectivity index (χ3v) is 15.1. The quantitative estimate of drug-likeness (QED) is 0.107. The molecule has 0 aliphatic carbocycles. The fourth-order valence-electron chi connectivity index (χ4n) is 8.01. The Labute approximate surface area is 428 Å². The standard InChI is InChI=1S/C43H40IN21O3S3/c1-59-38(50-53-56-59)63-33-10-4-25(18-31(33)48-43(63)71-24-37(67)62-14-16-68-17-15-62)12-13-45-36(66)23-70-42-49-32-19-26(6-11-34(32)64(42)39-51-54-57-60(39)2)27-5-8-29(46-21-27)22-69-41-47-30-9-7-28(44)20-35(30)65(41)40-52-55-58-61(40)3/h4-11,18-21H,12-17,22-24H2,1-3H3,(H,45,66). The summed E-state index contributed by atoms with van der Waals surface area (Å²) in [4.78, 5) is 47.8. The minimum absolute atomic E-state index is 0.0196. The highest BCUT2D eigenvalue weighted by Crippen LogP contribution is 2.33. The van der Waals surface area contributed by atoms with Crippen molar-refractivity contribution < 1.29 is 14.3 Å². The van der Waals surface area contributed by atoms with Crippen LogP contribution in [0.2, 0.25) is 0 Å². The molecule has 1 saturated heterocycles. The molecule has 1 aliphatic heterocycles. The Kier molecular flexibility index (Phi) is 13.1. The van der Waals surface area contributed by atoms with Crippen LogP contribution >= 0.6 is 57.9 Å². The van der Waals surface area contributed by atoms with Crippen molar-refractivity contribution in [2.75, 3.05) is 44.4 Å². The molecule has 1 fully saturated rings. The van der Waals surface area contributed by atoms with Gasteiger partial charge in [0.2, 0.25) is 11.8 Å². The molecule has 7 aromatic heterocycles. The minimum Gasteiger partial charge on any atom is -0.378 e. The number of aryl methyl sites for hydroxylation is 3. The Morgan fingerprint density at radius 2 is 1.24 bits per heavy atom. The number of benzene rings is 3. The van der Waals surface area contributed by atoms with Gasteiger partial charge in [-0.25, -0.2) is 29.0 Å². The molecule has 360 valence electrons. The summed E-state index contributed by atoms with van der Waals surface area (Å²) in [6.07, 6.45) is 2.42. The monoisotopic (exact) mass is 1120 g/mol. The maximum absolute atomic E-state index is 13.4. The molecular weight excluding hydrogens is 1080 g/mol. The molecule has 0 unspecified atom stereocenters. The van der Waals surface area contributed by atoms with Crippen LogP contribution in [0.5, 0.6) is 0 Å². The largest absolute Gasteiger partial charge is 0.378 e. The molecule has 8 heterocycles. The Morgan fingerprint density at radius 3 is 1.87 bits per heavy atom. The molecule has 0 spiro atoms. The van der Waals surface area contributed by atoms with Crippen molar-refractivity contribution in [1.82, 2.24) is 104 Å². The van der Waals surface area contributed by atoms with Gasteiger partial charge in [-0.2, -0.15) is 0 Å². The molecule has 0 bridgehead atoms. The summed E-state index contributed by atoms with van der Waals surface area (Å²) in [5.74, 6) is 2.27. The first-order chi connectivity index (χ1) is 34.6. The summed E-state index contributed by atoms with van der Waals surface area (Å²) >= 11 is 6.48. The van der Waals surface area contributed by atoms with Crippen molar-refractivity contribution in [2.45, 2.75) is 27.6 Å². The van der Waals surface area contributed by atoms with Gasteiger partial charge in [0.05, 0.1) is 63.5 Å². The van der Waals surface area contributed by atoms with Gasteiger partial charge in [-0.05, 0) is 120 Å². The number of halogens is 1. The number of nitrogens with zero attached hydrogens (tertiary/aromatic N) is 20. The lowest BCUT2D eigenvalue weighted by atomic mass is 10.1. The number of imidazole rings is 3.